The van der Waals surface area contributed by atoms with Crippen molar-refractivity contribution in [2.45, 2.75) is 31.7 Å². The van der Waals surface area contributed by atoms with Gasteiger partial charge in [0.15, 0.2) is 5.75 Å². The fourth-order valence-electron chi connectivity index (χ4n) is 6.13. The van der Waals surface area contributed by atoms with Crippen LogP contribution in [0.5, 0.6) is 5.75 Å². The number of hydrogen-bond donors (Lipinski definition) is 1. The number of ether oxygens (including phenoxy) is 1. The number of aliphatic hydroxyl groups excluding tert-OH is 1. The van der Waals surface area contributed by atoms with E-state index >= 15 is 0 Å². The van der Waals surface area contributed by atoms with Gasteiger partial charge in [0.1, 0.15) is 18.7 Å². The SMILES string of the molecule is C=CC(=O)N1CCN(C2=CC(O)N3c4c2cc(Cl)c(-c2ccccc2F)c4OCC3CN2CCC2)C[C@H]1C. The summed E-state index contributed by atoms with van der Waals surface area (Å²) in [5.74, 6) is 0.0286. The highest BCUT2D eigenvalue weighted by molar-refractivity contribution is 6.34. The van der Waals surface area contributed by atoms with Crippen molar-refractivity contribution in [1.29, 1.82) is 0 Å². The molecule has 6 rings (SSSR count). The Balaban J connectivity index is 1.45. The van der Waals surface area contributed by atoms with Crippen LogP contribution in [0.4, 0.5) is 10.1 Å². The minimum absolute atomic E-state index is 0.0373. The van der Waals surface area contributed by atoms with Gasteiger partial charge in [-0.15, -0.1) is 0 Å². The summed E-state index contributed by atoms with van der Waals surface area (Å²) in [6, 6.07) is 8.31. The number of anilines is 1. The van der Waals surface area contributed by atoms with Gasteiger partial charge in [-0.05, 0) is 50.7 Å². The number of benzene rings is 2. The number of rotatable bonds is 5. The summed E-state index contributed by atoms with van der Waals surface area (Å²) in [4.78, 5) is 20.7. The van der Waals surface area contributed by atoms with E-state index in [-0.39, 0.29) is 23.8 Å². The Morgan fingerprint density at radius 2 is 2.03 bits per heavy atom. The highest BCUT2D eigenvalue weighted by Crippen LogP contribution is 2.53. The number of halogens is 2. The summed E-state index contributed by atoms with van der Waals surface area (Å²) in [7, 11) is 0. The molecule has 38 heavy (non-hydrogen) atoms. The molecule has 1 amide bonds. The first-order chi connectivity index (χ1) is 18.4. The highest BCUT2D eigenvalue weighted by Gasteiger charge is 2.42. The standard InChI is InChI=1S/C29H32ClFN4O3/c1-3-25(36)34-12-11-33(15-18(34)2)24-14-26(37)35-19(16-32-9-6-10-32)17-38-29-27(20-7-4-5-8-23(20)31)22(30)13-21(24)28(29)35/h3-5,7-8,13-14,18-19,26,37H,1,6,9-12,15-17H2,2H3/t18-,19?,26?/m1/s1. The summed E-state index contributed by atoms with van der Waals surface area (Å²) < 4.78 is 21.4. The van der Waals surface area contributed by atoms with Gasteiger partial charge in [0.2, 0.25) is 5.91 Å². The molecule has 0 radical (unpaired) electrons. The van der Waals surface area contributed by atoms with E-state index < -0.39 is 6.23 Å². The molecule has 2 fully saturated rings. The van der Waals surface area contributed by atoms with E-state index in [1.54, 1.807) is 18.2 Å². The average Bonchev–Trinajstić information content (AvgIpc) is 2.88. The average molecular weight is 539 g/mol. The van der Waals surface area contributed by atoms with Crippen LogP contribution >= 0.6 is 11.6 Å². The molecule has 7 nitrogen and oxygen atoms in total. The number of hydrogen-bond acceptors (Lipinski definition) is 6. The number of aliphatic hydroxyl groups is 1. The van der Waals surface area contributed by atoms with Crippen LogP contribution in [-0.2, 0) is 4.79 Å². The van der Waals surface area contributed by atoms with Gasteiger partial charge in [-0.2, -0.15) is 0 Å². The van der Waals surface area contributed by atoms with Crippen LogP contribution in [0.3, 0.4) is 0 Å². The lowest BCUT2D eigenvalue weighted by Crippen LogP contribution is -2.58. The number of nitrogens with zero attached hydrogens (tertiary/aromatic N) is 4. The lowest BCUT2D eigenvalue weighted by atomic mass is 9.92. The molecule has 0 bridgehead atoms. The first-order valence-corrected chi connectivity index (χ1v) is 13.6. The topological polar surface area (TPSA) is 59.5 Å². The monoisotopic (exact) mass is 538 g/mol. The number of piperazine rings is 1. The number of carbonyl (C=O) groups is 1. The Morgan fingerprint density at radius 1 is 1.24 bits per heavy atom. The van der Waals surface area contributed by atoms with Crippen molar-refractivity contribution in [1.82, 2.24) is 14.7 Å². The predicted octanol–water partition coefficient (Wildman–Crippen LogP) is 3.81. The molecular formula is C29H32ClFN4O3. The van der Waals surface area contributed by atoms with Crippen LogP contribution in [0, 0.1) is 5.82 Å². The molecule has 9 heteroatoms. The van der Waals surface area contributed by atoms with Crippen molar-refractivity contribution in [2.75, 3.05) is 50.8 Å². The minimum atomic E-state index is -0.885. The maximum atomic E-state index is 15.0. The molecule has 4 aliphatic rings. The van der Waals surface area contributed by atoms with Crippen molar-refractivity contribution in [3.05, 3.63) is 65.5 Å². The van der Waals surface area contributed by atoms with Gasteiger partial charge in [-0.1, -0.05) is 36.4 Å². The van der Waals surface area contributed by atoms with E-state index in [1.807, 2.05) is 28.9 Å². The van der Waals surface area contributed by atoms with Gasteiger partial charge in [-0.25, -0.2) is 4.39 Å². The smallest absolute Gasteiger partial charge is 0.246 e. The van der Waals surface area contributed by atoms with Crippen LogP contribution in [0.1, 0.15) is 18.9 Å². The molecule has 0 aliphatic carbocycles. The quantitative estimate of drug-likeness (QED) is 0.584. The third-order valence-corrected chi connectivity index (χ3v) is 8.43. The summed E-state index contributed by atoms with van der Waals surface area (Å²) in [6.07, 6.45) is 3.51. The highest BCUT2D eigenvalue weighted by atomic mass is 35.5. The zero-order valence-corrected chi connectivity index (χ0v) is 22.2. The van der Waals surface area contributed by atoms with Crippen molar-refractivity contribution in [2.24, 2.45) is 0 Å². The van der Waals surface area contributed by atoms with Crippen molar-refractivity contribution in [3.63, 3.8) is 0 Å². The lowest BCUT2D eigenvalue weighted by molar-refractivity contribution is -0.129. The minimum Gasteiger partial charge on any atom is -0.488 e. The number of carbonyl (C=O) groups excluding carboxylic acids is 1. The molecule has 4 heterocycles. The van der Waals surface area contributed by atoms with E-state index in [4.69, 9.17) is 16.3 Å². The van der Waals surface area contributed by atoms with Crippen LogP contribution in [0.2, 0.25) is 5.02 Å². The molecule has 1 N–H and O–H groups in total. The molecule has 2 saturated heterocycles. The van der Waals surface area contributed by atoms with Gasteiger partial charge in [-0.3, -0.25) is 4.79 Å². The van der Waals surface area contributed by atoms with Gasteiger partial charge in [0, 0.05) is 54.6 Å². The molecule has 200 valence electrons. The zero-order valence-electron chi connectivity index (χ0n) is 21.4. The first-order valence-electron chi connectivity index (χ1n) is 13.2. The van der Waals surface area contributed by atoms with Crippen LogP contribution < -0.4 is 9.64 Å². The Labute approximate surface area is 227 Å². The molecule has 2 unspecified atom stereocenters. The maximum absolute atomic E-state index is 15.0. The zero-order chi connectivity index (χ0) is 26.6. The summed E-state index contributed by atoms with van der Waals surface area (Å²) in [5.41, 5.74) is 3.30. The van der Waals surface area contributed by atoms with E-state index in [1.165, 1.54) is 18.6 Å². The number of amides is 1. The molecule has 3 atom stereocenters. The lowest BCUT2D eigenvalue weighted by Gasteiger charge is -2.49. The molecule has 2 aromatic rings. The summed E-state index contributed by atoms with van der Waals surface area (Å²) in [5, 5.41) is 11.9. The third-order valence-electron chi connectivity index (χ3n) is 8.13. The van der Waals surface area contributed by atoms with E-state index in [0.717, 1.165) is 36.6 Å². The largest absolute Gasteiger partial charge is 0.488 e. The normalized spacial score (nSPS) is 24.8. The molecule has 2 aromatic carbocycles. The van der Waals surface area contributed by atoms with E-state index in [2.05, 4.69) is 16.4 Å². The Morgan fingerprint density at radius 3 is 2.71 bits per heavy atom. The Bertz CT molecular complexity index is 1310. The molecule has 0 spiro atoms. The Hall–Kier alpha value is -3.07. The van der Waals surface area contributed by atoms with Crippen LogP contribution in [0.25, 0.3) is 16.8 Å². The van der Waals surface area contributed by atoms with Crippen molar-refractivity contribution in [3.8, 4) is 16.9 Å². The van der Waals surface area contributed by atoms with Crippen molar-refractivity contribution < 1.29 is 19.0 Å². The van der Waals surface area contributed by atoms with Gasteiger partial charge in [0.25, 0.3) is 0 Å². The fourth-order valence-corrected chi connectivity index (χ4v) is 6.42. The van der Waals surface area contributed by atoms with Gasteiger partial charge >= 0.3 is 0 Å². The molecule has 0 saturated carbocycles. The first kappa shape index (κ1) is 25.2. The third kappa shape index (κ3) is 4.15. The molecule has 0 aromatic heterocycles. The summed E-state index contributed by atoms with van der Waals surface area (Å²) in [6.45, 7) is 10.6. The second kappa shape index (κ2) is 9.91. The van der Waals surface area contributed by atoms with E-state index in [9.17, 15) is 14.3 Å². The van der Waals surface area contributed by atoms with Crippen molar-refractivity contribution >= 4 is 28.9 Å². The van der Waals surface area contributed by atoms with Gasteiger partial charge in [0.05, 0.1) is 16.8 Å². The molecular weight excluding hydrogens is 507 g/mol. The number of likely N-dealkylation sites (tertiary alicyclic amines) is 1. The fraction of sp³-hybridized carbons (Fsp3) is 0.414. The van der Waals surface area contributed by atoms with E-state index in [0.29, 0.717) is 48.1 Å². The summed E-state index contributed by atoms with van der Waals surface area (Å²) >= 11 is 6.88. The maximum Gasteiger partial charge on any atom is 0.246 e. The predicted molar refractivity (Wildman–Crippen MR) is 147 cm³/mol. The van der Waals surface area contributed by atoms with Gasteiger partial charge < -0.3 is 29.4 Å². The Kier molecular flexibility index (Phi) is 6.58. The van der Waals surface area contributed by atoms with Crippen LogP contribution in [-0.4, -0.2) is 89.9 Å². The second-order valence-corrected chi connectivity index (χ2v) is 10.9. The second-order valence-electron chi connectivity index (χ2n) is 10.5. The molecule has 4 aliphatic heterocycles. The van der Waals surface area contributed by atoms with Crippen LogP contribution in [0.15, 0.2) is 49.1 Å².